The van der Waals surface area contributed by atoms with Crippen LogP contribution in [-0.2, 0) is 0 Å². The lowest BCUT2D eigenvalue weighted by molar-refractivity contribution is 0.0862. The molecule has 0 heterocycles. The van der Waals surface area contributed by atoms with Gasteiger partial charge in [-0.05, 0) is 31.6 Å². The Morgan fingerprint density at radius 3 is 2.11 bits per heavy atom. The molecule has 0 atom stereocenters. The van der Waals surface area contributed by atoms with Crippen molar-refractivity contribution in [3.63, 3.8) is 0 Å². The first-order valence-electron chi connectivity index (χ1n) is 6.71. The number of carbonyl (C=O) groups is 1. The van der Waals surface area contributed by atoms with E-state index in [1.165, 1.54) is 0 Å². The number of carbonyl (C=O) groups excluding carboxylic acids is 1. The number of rotatable bonds is 3. The molecule has 0 radical (unpaired) electrons. The van der Waals surface area contributed by atoms with Crippen LogP contribution >= 0.6 is 0 Å². The predicted molar refractivity (Wildman–Crippen MR) is 66.4 cm³/mol. The lowest BCUT2D eigenvalue weighted by atomic mass is 9.77. The third kappa shape index (κ3) is 2.99. The highest BCUT2D eigenvalue weighted by atomic mass is 19.1. The van der Waals surface area contributed by atoms with E-state index in [-0.39, 0.29) is 5.92 Å². The van der Waals surface area contributed by atoms with Gasteiger partial charge in [0, 0.05) is 18.1 Å². The average Bonchev–Trinajstić information content (AvgIpc) is 2.37. The van der Waals surface area contributed by atoms with Crippen LogP contribution in [0.5, 0.6) is 0 Å². The molecule has 2 rings (SSSR count). The Hall–Kier alpha value is -1.32. The molecule has 1 aromatic carbocycles. The summed E-state index contributed by atoms with van der Waals surface area (Å²) in [5.74, 6) is -3.45. The number of Topliss-reactive ketones (excluding diaryl/α,β-unsaturated/α-hetero) is 1. The van der Waals surface area contributed by atoms with Crippen molar-refractivity contribution in [2.75, 3.05) is 0 Å². The molecule has 0 amide bonds. The maximum absolute atomic E-state index is 13.6. The fourth-order valence-corrected chi connectivity index (χ4v) is 2.81. The van der Waals surface area contributed by atoms with Gasteiger partial charge in [0.1, 0.15) is 17.5 Å². The van der Waals surface area contributed by atoms with Gasteiger partial charge in [0.25, 0.3) is 0 Å². The molecule has 1 fully saturated rings. The van der Waals surface area contributed by atoms with Gasteiger partial charge in [-0.3, -0.25) is 4.79 Å². The van der Waals surface area contributed by atoms with Crippen LogP contribution in [0.1, 0.15) is 49.4 Å². The van der Waals surface area contributed by atoms with E-state index in [2.05, 4.69) is 6.92 Å². The minimum atomic E-state index is -1.10. The third-order valence-electron chi connectivity index (χ3n) is 4.05. The van der Waals surface area contributed by atoms with Crippen molar-refractivity contribution >= 4 is 5.78 Å². The van der Waals surface area contributed by atoms with Gasteiger partial charge in [-0.25, -0.2) is 13.2 Å². The maximum atomic E-state index is 13.6. The standard InChI is InChI=1S/C15H17F3O/c1-2-9-3-5-10(6-4-9)15(19)14-12(17)7-11(16)8-13(14)18/h7-10H,2-6H2,1H3. The van der Waals surface area contributed by atoms with Gasteiger partial charge in [0.2, 0.25) is 0 Å². The zero-order valence-corrected chi connectivity index (χ0v) is 10.9. The summed E-state index contributed by atoms with van der Waals surface area (Å²) in [7, 11) is 0. The summed E-state index contributed by atoms with van der Waals surface area (Å²) in [5.41, 5.74) is -0.582. The molecule has 1 aliphatic carbocycles. The quantitative estimate of drug-likeness (QED) is 0.739. The van der Waals surface area contributed by atoms with Crippen molar-refractivity contribution in [1.29, 1.82) is 0 Å². The highest BCUT2D eigenvalue weighted by Gasteiger charge is 2.30. The Balaban J connectivity index is 2.17. The zero-order chi connectivity index (χ0) is 14.0. The van der Waals surface area contributed by atoms with Gasteiger partial charge < -0.3 is 0 Å². The van der Waals surface area contributed by atoms with E-state index in [1.807, 2.05) is 0 Å². The van der Waals surface area contributed by atoms with Crippen LogP contribution in [0.15, 0.2) is 12.1 Å². The predicted octanol–water partition coefficient (Wildman–Crippen LogP) is 4.50. The molecule has 0 N–H and O–H groups in total. The number of ketones is 1. The largest absolute Gasteiger partial charge is 0.294 e. The highest BCUT2D eigenvalue weighted by Crippen LogP contribution is 2.33. The Labute approximate surface area is 110 Å². The normalized spacial score (nSPS) is 23.4. The Kier molecular flexibility index (Phi) is 4.27. The van der Waals surface area contributed by atoms with Crippen molar-refractivity contribution < 1.29 is 18.0 Å². The van der Waals surface area contributed by atoms with Crippen molar-refractivity contribution in [3.05, 3.63) is 35.1 Å². The number of halogens is 3. The van der Waals surface area contributed by atoms with E-state index >= 15 is 0 Å². The van der Waals surface area contributed by atoms with Crippen LogP contribution in [0.3, 0.4) is 0 Å². The van der Waals surface area contributed by atoms with E-state index in [0.717, 1.165) is 19.3 Å². The Morgan fingerprint density at radius 1 is 1.11 bits per heavy atom. The van der Waals surface area contributed by atoms with E-state index in [0.29, 0.717) is 30.9 Å². The molecule has 4 heteroatoms. The van der Waals surface area contributed by atoms with Crippen molar-refractivity contribution in [1.82, 2.24) is 0 Å². The maximum Gasteiger partial charge on any atom is 0.171 e. The van der Waals surface area contributed by atoms with Crippen LogP contribution in [0.2, 0.25) is 0 Å². The molecule has 1 nitrogen and oxygen atoms in total. The first-order chi connectivity index (χ1) is 9.02. The molecule has 104 valence electrons. The summed E-state index contributed by atoms with van der Waals surface area (Å²) in [6.07, 6.45) is 4.22. The second kappa shape index (κ2) is 5.76. The summed E-state index contributed by atoms with van der Waals surface area (Å²) in [4.78, 5) is 12.1. The smallest absolute Gasteiger partial charge is 0.171 e. The molecule has 0 unspecified atom stereocenters. The van der Waals surface area contributed by atoms with Gasteiger partial charge in [-0.15, -0.1) is 0 Å². The van der Waals surface area contributed by atoms with Crippen LogP contribution in [0.25, 0.3) is 0 Å². The molecule has 0 spiro atoms. The van der Waals surface area contributed by atoms with Gasteiger partial charge in [0.05, 0.1) is 5.56 Å². The first kappa shape index (κ1) is 14.1. The molecular weight excluding hydrogens is 253 g/mol. The first-order valence-corrected chi connectivity index (χ1v) is 6.71. The van der Waals surface area contributed by atoms with Crippen molar-refractivity contribution in [2.45, 2.75) is 39.0 Å². The molecule has 0 saturated heterocycles. The van der Waals surface area contributed by atoms with E-state index in [1.54, 1.807) is 0 Å². The molecule has 1 aliphatic rings. The molecule has 1 saturated carbocycles. The molecule has 0 aliphatic heterocycles. The number of hydrogen-bond acceptors (Lipinski definition) is 1. The molecule has 0 aromatic heterocycles. The van der Waals surface area contributed by atoms with E-state index in [4.69, 9.17) is 0 Å². The highest BCUT2D eigenvalue weighted by molar-refractivity contribution is 5.98. The zero-order valence-electron chi connectivity index (χ0n) is 10.9. The lowest BCUT2D eigenvalue weighted by Gasteiger charge is -2.27. The molecule has 1 aromatic rings. The number of hydrogen-bond donors (Lipinski definition) is 0. The summed E-state index contributed by atoms with van der Waals surface area (Å²) in [6, 6.07) is 1.13. The Bertz CT molecular complexity index is 453. The summed E-state index contributed by atoms with van der Waals surface area (Å²) < 4.78 is 39.9. The average molecular weight is 270 g/mol. The van der Waals surface area contributed by atoms with Crippen LogP contribution < -0.4 is 0 Å². The van der Waals surface area contributed by atoms with Crippen molar-refractivity contribution in [3.8, 4) is 0 Å². The lowest BCUT2D eigenvalue weighted by Crippen LogP contribution is -2.23. The topological polar surface area (TPSA) is 17.1 Å². The van der Waals surface area contributed by atoms with Crippen LogP contribution in [0, 0.1) is 29.3 Å². The minimum Gasteiger partial charge on any atom is -0.294 e. The fraction of sp³-hybridized carbons (Fsp3) is 0.533. The monoisotopic (exact) mass is 270 g/mol. The van der Waals surface area contributed by atoms with E-state index < -0.39 is 28.8 Å². The molecular formula is C15H17F3O. The third-order valence-corrected chi connectivity index (χ3v) is 4.05. The number of benzene rings is 1. The van der Waals surface area contributed by atoms with Gasteiger partial charge in [-0.2, -0.15) is 0 Å². The second-order valence-corrected chi connectivity index (χ2v) is 5.23. The molecule has 19 heavy (non-hydrogen) atoms. The minimum absolute atomic E-state index is 0.336. The molecule has 0 bridgehead atoms. The summed E-state index contributed by atoms with van der Waals surface area (Å²) in [5, 5.41) is 0. The Morgan fingerprint density at radius 2 is 1.63 bits per heavy atom. The van der Waals surface area contributed by atoms with Gasteiger partial charge in [0.15, 0.2) is 5.78 Å². The summed E-state index contributed by atoms with van der Waals surface area (Å²) in [6.45, 7) is 2.10. The second-order valence-electron chi connectivity index (χ2n) is 5.23. The fourth-order valence-electron chi connectivity index (χ4n) is 2.81. The van der Waals surface area contributed by atoms with Crippen LogP contribution in [0.4, 0.5) is 13.2 Å². The van der Waals surface area contributed by atoms with Crippen molar-refractivity contribution in [2.24, 2.45) is 11.8 Å². The SMILES string of the molecule is CCC1CCC(C(=O)c2c(F)cc(F)cc2F)CC1. The van der Waals surface area contributed by atoms with Gasteiger partial charge >= 0.3 is 0 Å². The van der Waals surface area contributed by atoms with Crippen LogP contribution in [-0.4, -0.2) is 5.78 Å². The van der Waals surface area contributed by atoms with E-state index in [9.17, 15) is 18.0 Å². The van der Waals surface area contributed by atoms with Gasteiger partial charge in [-0.1, -0.05) is 13.3 Å². The summed E-state index contributed by atoms with van der Waals surface area (Å²) >= 11 is 0.